The fraction of sp³-hybridized carbons (Fsp3) is 0.353. The molecule has 1 N–H and O–H groups in total. The van der Waals surface area contributed by atoms with Gasteiger partial charge in [0.1, 0.15) is 12.0 Å². The fourth-order valence-electron chi connectivity index (χ4n) is 2.32. The van der Waals surface area contributed by atoms with E-state index in [0.717, 1.165) is 40.3 Å². The molecule has 0 radical (unpaired) electrons. The molecule has 26 heavy (non-hydrogen) atoms. The Morgan fingerprint density at radius 1 is 1.31 bits per heavy atom. The van der Waals surface area contributed by atoms with E-state index in [2.05, 4.69) is 37.5 Å². The molecule has 0 amide bonds. The van der Waals surface area contributed by atoms with Gasteiger partial charge in [-0.2, -0.15) is 0 Å². The lowest BCUT2D eigenvalue weighted by Gasteiger charge is -2.20. The monoisotopic (exact) mass is 503 g/mol. The molecule has 0 saturated carbocycles. The number of guanidine groups is 1. The number of aryl methyl sites for hydroxylation is 1. The van der Waals surface area contributed by atoms with Gasteiger partial charge in [-0.1, -0.05) is 6.07 Å². The number of hydrogen-bond donors (Lipinski definition) is 1. The molecule has 0 atom stereocenters. The van der Waals surface area contributed by atoms with Gasteiger partial charge in [-0.05, 0) is 25.3 Å². The van der Waals surface area contributed by atoms with E-state index >= 15 is 0 Å². The van der Waals surface area contributed by atoms with Crippen LogP contribution in [0.25, 0.3) is 10.8 Å². The maximum atomic E-state index is 5.55. The first kappa shape index (κ1) is 20.8. The van der Waals surface area contributed by atoms with Gasteiger partial charge in [0.25, 0.3) is 0 Å². The third-order valence-electron chi connectivity index (χ3n) is 3.44. The van der Waals surface area contributed by atoms with E-state index in [9.17, 15) is 0 Å². The van der Waals surface area contributed by atoms with Crippen LogP contribution in [0.1, 0.15) is 23.3 Å². The first-order valence-corrected chi connectivity index (χ1v) is 9.80. The van der Waals surface area contributed by atoms with Gasteiger partial charge in [-0.15, -0.1) is 46.7 Å². The van der Waals surface area contributed by atoms with Crippen molar-refractivity contribution in [3.63, 3.8) is 0 Å². The summed E-state index contributed by atoms with van der Waals surface area (Å²) in [7, 11) is 2.01. The number of aliphatic imine (C=N–C) groups is 1. The summed E-state index contributed by atoms with van der Waals surface area (Å²) in [5.74, 6) is 1.48. The second-order valence-corrected chi connectivity index (χ2v) is 7.52. The minimum absolute atomic E-state index is 0. The molecule has 140 valence electrons. The van der Waals surface area contributed by atoms with Crippen molar-refractivity contribution in [2.45, 2.75) is 26.9 Å². The average Bonchev–Trinajstić information content (AvgIpc) is 3.33. The zero-order valence-electron chi connectivity index (χ0n) is 14.9. The molecule has 0 aliphatic carbocycles. The molecule has 0 bridgehead atoms. The zero-order chi connectivity index (χ0) is 17.6. The molecule has 6 nitrogen and oxygen atoms in total. The number of nitrogens with zero attached hydrogens (tertiary/aromatic N) is 4. The summed E-state index contributed by atoms with van der Waals surface area (Å²) < 4.78 is 5.55. The fourth-order valence-corrected chi connectivity index (χ4v) is 3.58. The number of aromatic nitrogens is 2. The molecule has 0 aliphatic rings. The maximum absolute atomic E-state index is 5.55. The van der Waals surface area contributed by atoms with Crippen molar-refractivity contribution < 1.29 is 4.42 Å². The van der Waals surface area contributed by atoms with Gasteiger partial charge in [-0.3, -0.25) is 0 Å². The van der Waals surface area contributed by atoms with Crippen LogP contribution in [-0.2, 0) is 13.1 Å². The van der Waals surface area contributed by atoms with Crippen LogP contribution in [0, 0.1) is 6.92 Å². The summed E-state index contributed by atoms with van der Waals surface area (Å²) in [5, 5.41) is 8.48. The summed E-state index contributed by atoms with van der Waals surface area (Å²) in [6, 6.07) is 3.98. The third kappa shape index (κ3) is 5.52. The first-order chi connectivity index (χ1) is 12.2. The van der Waals surface area contributed by atoms with Crippen LogP contribution in [0.3, 0.4) is 0 Å². The molecule has 3 rings (SSSR count). The lowest BCUT2D eigenvalue weighted by molar-refractivity contribution is 0.470. The van der Waals surface area contributed by atoms with Crippen LogP contribution in [0.5, 0.6) is 0 Å². The molecule has 0 fully saturated rings. The number of nitrogens with one attached hydrogen (secondary N) is 1. The van der Waals surface area contributed by atoms with Gasteiger partial charge in [0.2, 0.25) is 5.89 Å². The molecule has 3 aromatic heterocycles. The van der Waals surface area contributed by atoms with Gasteiger partial charge in [0.05, 0.1) is 28.7 Å². The van der Waals surface area contributed by atoms with Crippen molar-refractivity contribution >= 4 is 52.6 Å². The van der Waals surface area contributed by atoms with Crippen molar-refractivity contribution in [2.24, 2.45) is 4.99 Å². The van der Waals surface area contributed by atoms with Crippen LogP contribution in [0.4, 0.5) is 0 Å². The summed E-state index contributed by atoms with van der Waals surface area (Å²) >= 11 is 3.27. The normalized spacial score (nSPS) is 11.3. The Bertz CT molecular complexity index is 828. The van der Waals surface area contributed by atoms with Crippen LogP contribution in [0.15, 0.2) is 38.6 Å². The highest BCUT2D eigenvalue weighted by atomic mass is 127. The lowest BCUT2D eigenvalue weighted by atomic mass is 10.4. The Morgan fingerprint density at radius 2 is 2.15 bits per heavy atom. The number of hydrogen-bond acceptors (Lipinski definition) is 6. The predicted molar refractivity (Wildman–Crippen MR) is 118 cm³/mol. The van der Waals surface area contributed by atoms with E-state index in [1.165, 1.54) is 0 Å². The van der Waals surface area contributed by atoms with Crippen LogP contribution in [0.2, 0.25) is 0 Å². The van der Waals surface area contributed by atoms with Gasteiger partial charge in [0, 0.05) is 19.0 Å². The SMILES string of the molecule is CCNC(=NCc1coc(-c2cccs2)n1)N(C)Cc1csc(C)n1.I. The zero-order valence-corrected chi connectivity index (χ0v) is 18.9. The van der Waals surface area contributed by atoms with E-state index in [-0.39, 0.29) is 24.0 Å². The van der Waals surface area contributed by atoms with E-state index in [0.29, 0.717) is 12.4 Å². The van der Waals surface area contributed by atoms with Crippen molar-refractivity contribution in [2.75, 3.05) is 13.6 Å². The average molecular weight is 503 g/mol. The molecule has 0 aromatic carbocycles. The van der Waals surface area contributed by atoms with Crippen molar-refractivity contribution in [3.05, 3.63) is 45.6 Å². The number of thiazole rings is 1. The van der Waals surface area contributed by atoms with Gasteiger partial charge in [-0.25, -0.2) is 15.0 Å². The van der Waals surface area contributed by atoms with E-state index in [1.54, 1.807) is 28.9 Å². The molecule has 3 heterocycles. The van der Waals surface area contributed by atoms with Gasteiger partial charge in [0.15, 0.2) is 5.96 Å². The Labute approximate surface area is 178 Å². The van der Waals surface area contributed by atoms with Crippen LogP contribution >= 0.6 is 46.7 Å². The highest BCUT2D eigenvalue weighted by Gasteiger charge is 2.10. The maximum Gasteiger partial charge on any atom is 0.236 e. The van der Waals surface area contributed by atoms with Crippen LogP contribution < -0.4 is 5.32 Å². The molecule has 0 unspecified atom stereocenters. The predicted octanol–water partition coefficient (Wildman–Crippen LogP) is 4.38. The highest BCUT2D eigenvalue weighted by molar-refractivity contribution is 14.0. The first-order valence-electron chi connectivity index (χ1n) is 8.04. The number of thiophene rings is 1. The summed E-state index contributed by atoms with van der Waals surface area (Å²) in [4.78, 5) is 16.8. The summed E-state index contributed by atoms with van der Waals surface area (Å²) in [5.41, 5.74) is 1.87. The van der Waals surface area contributed by atoms with E-state index < -0.39 is 0 Å². The molecule has 3 aromatic rings. The molecular weight excluding hydrogens is 481 g/mol. The summed E-state index contributed by atoms with van der Waals surface area (Å²) in [6.07, 6.45) is 1.67. The summed E-state index contributed by atoms with van der Waals surface area (Å²) in [6.45, 7) is 6.07. The minimum atomic E-state index is 0. The quantitative estimate of drug-likeness (QED) is 0.307. The van der Waals surface area contributed by atoms with Crippen LogP contribution in [-0.4, -0.2) is 34.4 Å². The van der Waals surface area contributed by atoms with Crippen molar-refractivity contribution in [3.8, 4) is 10.8 Å². The van der Waals surface area contributed by atoms with E-state index in [4.69, 9.17) is 4.42 Å². The second-order valence-electron chi connectivity index (χ2n) is 5.51. The Morgan fingerprint density at radius 3 is 2.81 bits per heavy atom. The highest BCUT2D eigenvalue weighted by Crippen LogP contribution is 2.23. The Kier molecular flexibility index (Phi) is 8.04. The molecule has 0 aliphatic heterocycles. The second kappa shape index (κ2) is 10.0. The van der Waals surface area contributed by atoms with Gasteiger partial charge >= 0.3 is 0 Å². The molecule has 0 spiro atoms. The Balaban J connectivity index is 0.00000243. The Hall–Kier alpha value is -1.46. The molecule has 9 heteroatoms. The van der Waals surface area contributed by atoms with Gasteiger partial charge < -0.3 is 14.6 Å². The largest absolute Gasteiger partial charge is 0.443 e. The number of rotatable bonds is 6. The lowest BCUT2D eigenvalue weighted by Crippen LogP contribution is -2.38. The van der Waals surface area contributed by atoms with Crippen molar-refractivity contribution in [1.82, 2.24) is 20.2 Å². The third-order valence-corrected chi connectivity index (χ3v) is 5.12. The number of oxazole rings is 1. The topological polar surface area (TPSA) is 66.6 Å². The van der Waals surface area contributed by atoms with E-state index in [1.807, 2.05) is 31.5 Å². The molecular formula is C17H22IN5OS2. The standard InChI is InChI=1S/C17H21N5OS2.HI/c1-4-18-17(22(3)9-14-11-25-12(2)20-14)19-8-13-10-23-16(21-13)15-6-5-7-24-15;/h5-7,10-11H,4,8-9H2,1-3H3,(H,18,19);1H. The van der Waals surface area contributed by atoms with Crippen molar-refractivity contribution in [1.29, 1.82) is 0 Å². The molecule has 0 saturated heterocycles. The number of halogens is 1. The minimum Gasteiger partial charge on any atom is -0.443 e. The smallest absolute Gasteiger partial charge is 0.236 e.